The number of alkyl halides is 1. The molecule has 1 nitrogen and oxygen atoms in total. The number of hydrogen-bond acceptors (Lipinski definition) is 1. The quantitative estimate of drug-likeness (QED) is 0.555. The van der Waals surface area contributed by atoms with Gasteiger partial charge in [0.25, 0.3) is 0 Å². The molecule has 2 atom stereocenters. The van der Waals surface area contributed by atoms with E-state index in [-0.39, 0.29) is 0 Å². The van der Waals surface area contributed by atoms with Gasteiger partial charge in [-0.25, -0.2) is 0 Å². The first kappa shape index (κ1) is 15.8. The first-order chi connectivity index (χ1) is 9.65. The third-order valence-corrected chi connectivity index (χ3v) is 4.73. The van der Waals surface area contributed by atoms with E-state index in [9.17, 15) is 0 Å². The summed E-state index contributed by atoms with van der Waals surface area (Å²) in [6.45, 7) is 2.86. The third-order valence-electron chi connectivity index (χ3n) is 3.61. The van der Waals surface area contributed by atoms with E-state index in [2.05, 4.69) is 65.9 Å². The van der Waals surface area contributed by atoms with E-state index in [0.29, 0.717) is 18.4 Å². The summed E-state index contributed by atoms with van der Waals surface area (Å²) in [7, 11) is 0. The molecule has 20 heavy (non-hydrogen) atoms. The Kier molecular flexibility index (Phi) is 5.87. The fraction of sp³-hybridized carbons (Fsp3) is 0.294. The van der Waals surface area contributed by atoms with Crippen LogP contribution in [0.25, 0.3) is 0 Å². The van der Waals surface area contributed by atoms with Crippen molar-refractivity contribution >= 4 is 34.2 Å². The smallest absolute Gasteiger partial charge is 0.0408 e. The van der Waals surface area contributed by atoms with Gasteiger partial charge in [0.2, 0.25) is 0 Å². The average Bonchev–Trinajstić information content (AvgIpc) is 2.47. The Morgan fingerprint density at radius 2 is 1.75 bits per heavy atom. The number of benzene rings is 2. The van der Waals surface area contributed by atoms with Crippen LogP contribution in [-0.4, -0.2) is 6.54 Å². The maximum absolute atomic E-state index is 6.15. The normalized spacial score (nSPS) is 14.0. The number of hydrogen-bond donors (Lipinski definition) is 1. The van der Waals surface area contributed by atoms with Crippen molar-refractivity contribution in [3.05, 3.63) is 70.2 Å². The van der Waals surface area contributed by atoms with Gasteiger partial charge >= 0.3 is 0 Å². The van der Waals surface area contributed by atoms with Crippen LogP contribution in [0.15, 0.2) is 48.5 Å². The molecular formula is C17H19ClIN. The van der Waals surface area contributed by atoms with Crippen LogP contribution < -0.4 is 5.73 Å². The Morgan fingerprint density at radius 1 is 1.10 bits per heavy atom. The summed E-state index contributed by atoms with van der Waals surface area (Å²) in [6.07, 6.45) is 0. The molecule has 0 aliphatic carbocycles. The van der Waals surface area contributed by atoms with E-state index in [1.807, 2.05) is 12.1 Å². The highest BCUT2D eigenvalue weighted by atomic mass is 127. The van der Waals surface area contributed by atoms with E-state index >= 15 is 0 Å². The molecule has 3 heteroatoms. The summed E-state index contributed by atoms with van der Waals surface area (Å²) in [6, 6.07) is 16.9. The second-order valence-electron chi connectivity index (χ2n) is 5.12. The minimum atomic E-state index is 0.293. The lowest BCUT2D eigenvalue weighted by atomic mass is 9.81. The van der Waals surface area contributed by atoms with Crippen LogP contribution in [0.4, 0.5) is 0 Å². The van der Waals surface area contributed by atoms with Crippen LogP contribution in [0.2, 0.25) is 5.02 Å². The van der Waals surface area contributed by atoms with Crippen LogP contribution in [0.5, 0.6) is 0 Å². The fourth-order valence-corrected chi connectivity index (χ4v) is 3.23. The van der Waals surface area contributed by atoms with Crippen LogP contribution in [0.3, 0.4) is 0 Å². The maximum atomic E-state index is 6.15. The highest BCUT2D eigenvalue weighted by Gasteiger charge is 2.20. The van der Waals surface area contributed by atoms with Crippen molar-refractivity contribution < 1.29 is 0 Å². The number of halogens is 2. The van der Waals surface area contributed by atoms with Gasteiger partial charge in [-0.3, -0.25) is 0 Å². The highest BCUT2D eigenvalue weighted by molar-refractivity contribution is 14.1. The van der Waals surface area contributed by atoms with E-state index in [1.54, 1.807) is 0 Å². The summed E-state index contributed by atoms with van der Waals surface area (Å²) in [5.41, 5.74) is 9.82. The first-order valence-corrected chi connectivity index (χ1v) is 8.66. The van der Waals surface area contributed by atoms with Crippen LogP contribution in [0, 0.1) is 5.92 Å². The summed E-state index contributed by atoms with van der Waals surface area (Å²) in [4.78, 5) is 0. The molecule has 0 saturated carbocycles. The lowest BCUT2D eigenvalue weighted by Crippen LogP contribution is -2.20. The van der Waals surface area contributed by atoms with Crippen molar-refractivity contribution in [1.82, 2.24) is 0 Å². The molecule has 0 amide bonds. The summed E-state index contributed by atoms with van der Waals surface area (Å²) >= 11 is 8.54. The predicted octanol–water partition coefficient (Wildman–Crippen LogP) is 5.00. The summed E-state index contributed by atoms with van der Waals surface area (Å²) < 4.78 is 1.02. The molecule has 0 heterocycles. The van der Waals surface area contributed by atoms with Gasteiger partial charge in [0.15, 0.2) is 0 Å². The lowest BCUT2D eigenvalue weighted by Gasteiger charge is -2.24. The Morgan fingerprint density at radius 3 is 2.35 bits per heavy atom. The number of nitrogens with two attached hydrogens (primary N) is 1. The molecule has 0 spiro atoms. The van der Waals surface area contributed by atoms with Gasteiger partial charge in [-0.1, -0.05) is 77.5 Å². The monoisotopic (exact) mass is 399 g/mol. The van der Waals surface area contributed by atoms with Gasteiger partial charge in [0, 0.05) is 15.4 Å². The molecule has 0 fully saturated rings. The van der Waals surface area contributed by atoms with Crippen molar-refractivity contribution in [3.8, 4) is 0 Å². The van der Waals surface area contributed by atoms with E-state index < -0.39 is 0 Å². The van der Waals surface area contributed by atoms with Crippen LogP contribution in [0.1, 0.15) is 29.5 Å². The fourth-order valence-electron chi connectivity index (χ4n) is 2.56. The van der Waals surface area contributed by atoms with Gasteiger partial charge < -0.3 is 5.73 Å². The Bertz CT molecular complexity index is 570. The molecule has 2 aromatic carbocycles. The standard InChI is InChI=1S/C17H19ClIN/c1-12(11-20)17(15-6-3-7-16(18)9-15)14-5-2-4-13(8-14)10-19/h2-9,12,17H,10-11,20H2,1H3. The predicted molar refractivity (Wildman–Crippen MR) is 95.7 cm³/mol. The van der Waals surface area contributed by atoms with Crippen LogP contribution in [-0.2, 0) is 4.43 Å². The van der Waals surface area contributed by atoms with Crippen molar-refractivity contribution in [1.29, 1.82) is 0 Å². The van der Waals surface area contributed by atoms with Crippen molar-refractivity contribution in [3.63, 3.8) is 0 Å². The zero-order chi connectivity index (χ0) is 14.5. The SMILES string of the molecule is CC(CN)C(c1cccc(Cl)c1)c1cccc(CI)c1. The molecule has 0 aliphatic rings. The van der Waals surface area contributed by atoms with Crippen LogP contribution >= 0.6 is 34.2 Å². The molecule has 2 unspecified atom stereocenters. The molecular weight excluding hydrogens is 381 g/mol. The minimum absolute atomic E-state index is 0.293. The molecule has 106 valence electrons. The maximum Gasteiger partial charge on any atom is 0.0408 e. The topological polar surface area (TPSA) is 26.0 Å². The molecule has 0 aromatic heterocycles. The zero-order valence-electron chi connectivity index (χ0n) is 11.5. The molecule has 0 radical (unpaired) electrons. The molecule has 0 saturated heterocycles. The van der Waals surface area contributed by atoms with E-state index in [1.165, 1.54) is 16.7 Å². The zero-order valence-corrected chi connectivity index (χ0v) is 14.4. The summed E-state index contributed by atoms with van der Waals surface area (Å²) in [5, 5.41) is 0.779. The van der Waals surface area contributed by atoms with Gasteiger partial charge in [-0.05, 0) is 41.3 Å². The van der Waals surface area contributed by atoms with Gasteiger partial charge in [0.1, 0.15) is 0 Å². The Labute approximate surface area is 139 Å². The Balaban J connectivity index is 2.46. The molecule has 2 rings (SSSR count). The van der Waals surface area contributed by atoms with E-state index in [0.717, 1.165) is 9.45 Å². The van der Waals surface area contributed by atoms with Crippen molar-refractivity contribution in [2.75, 3.05) is 6.54 Å². The second kappa shape index (κ2) is 7.43. The van der Waals surface area contributed by atoms with Gasteiger partial charge in [-0.15, -0.1) is 0 Å². The van der Waals surface area contributed by atoms with Gasteiger partial charge in [-0.2, -0.15) is 0 Å². The van der Waals surface area contributed by atoms with Crippen molar-refractivity contribution in [2.24, 2.45) is 11.7 Å². The number of rotatable bonds is 5. The highest BCUT2D eigenvalue weighted by Crippen LogP contribution is 2.33. The van der Waals surface area contributed by atoms with Gasteiger partial charge in [0.05, 0.1) is 0 Å². The largest absolute Gasteiger partial charge is 0.330 e. The lowest BCUT2D eigenvalue weighted by molar-refractivity contribution is 0.523. The first-order valence-electron chi connectivity index (χ1n) is 6.76. The molecule has 2 aromatic rings. The molecule has 2 N–H and O–H groups in total. The second-order valence-corrected chi connectivity index (χ2v) is 6.32. The molecule has 0 aliphatic heterocycles. The Hall–Kier alpha value is -0.580. The third kappa shape index (κ3) is 3.74. The minimum Gasteiger partial charge on any atom is -0.330 e. The average molecular weight is 400 g/mol. The summed E-state index contributed by atoms with van der Waals surface area (Å²) in [5.74, 6) is 0.666. The van der Waals surface area contributed by atoms with Crippen molar-refractivity contribution in [2.45, 2.75) is 17.3 Å². The molecule has 0 bridgehead atoms. The van der Waals surface area contributed by atoms with E-state index in [4.69, 9.17) is 17.3 Å².